The Bertz CT molecular complexity index is 377. The Morgan fingerprint density at radius 3 is 2.62 bits per heavy atom. The van der Waals surface area contributed by atoms with E-state index in [4.69, 9.17) is 4.74 Å². The average Bonchev–Trinajstić information content (AvgIpc) is 2.50. The molecule has 21 heavy (non-hydrogen) atoms. The largest absolute Gasteiger partial charge is 0.494 e. The van der Waals surface area contributed by atoms with Crippen LogP contribution in [0, 0.1) is 0 Å². The van der Waals surface area contributed by atoms with Crippen LogP contribution in [0.25, 0.3) is 0 Å². The molecule has 3 heteroatoms. The van der Waals surface area contributed by atoms with Gasteiger partial charge in [-0.05, 0) is 64.0 Å². The van der Waals surface area contributed by atoms with Gasteiger partial charge in [-0.2, -0.15) is 0 Å². The molecule has 1 unspecified atom stereocenters. The third kappa shape index (κ3) is 7.49. The van der Waals surface area contributed by atoms with Crippen molar-refractivity contribution in [3.05, 3.63) is 29.8 Å². The molecule has 0 aliphatic rings. The van der Waals surface area contributed by atoms with Crippen molar-refractivity contribution in [2.45, 2.75) is 53.1 Å². The van der Waals surface area contributed by atoms with E-state index in [1.807, 2.05) is 13.0 Å². The molecular weight excluding hydrogens is 260 g/mol. The lowest BCUT2D eigenvalue weighted by molar-refractivity contribution is 0.290. The normalized spacial score (nSPS) is 12.6. The fraction of sp³-hybridized carbons (Fsp3) is 0.667. The van der Waals surface area contributed by atoms with Gasteiger partial charge in [-0.15, -0.1) is 0 Å². The topological polar surface area (TPSA) is 24.5 Å². The van der Waals surface area contributed by atoms with Gasteiger partial charge in [-0.25, -0.2) is 0 Å². The average molecular weight is 292 g/mol. The SMILES string of the molecule is CCOc1cccc(CNC(C)CCCN(CC)CC)c1. The highest BCUT2D eigenvalue weighted by Gasteiger charge is 2.04. The summed E-state index contributed by atoms with van der Waals surface area (Å²) in [6, 6.07) is 8.90. The van der Waals surface area contributed by atoms with E-state index in [9.17, 15) is 0 Å². The molecule has 0 spiro atoms. The predicted molar refractivity (Wildman–Crippen MR) is 90.9 cm³/mol. The van der Waals surface area contributed by atoms with Crippen molar-refractivity contribution in [1.82, 2.24) is 10.2 Å². The molecule has 0 heterocycles. The summed E-state index contributed by atoms with van der Waals surface area (Å²) in [5.74, 6) is 0.964. The Morgan fingerprint density at radius 2 is 1.95 bits per heavy atom. The van der Waals surface area contributed by atoms with Gasteiger partial charge in [0, 0.05) is 12.6 Å². The number of hydrogen-bond acceptors (Lipinski definition) is 3. The number of benzene rings is 1. The highest BCUT2D eigenvalue weighted by molar-refractivity contribution is 5.28. The van der Waals surface area contributed by atoms with E-state index in [2.05, 4.69) is 49.2 Å². The Kier molecular flexibility index (Phi) is 9.11. The molecule has 1 N–H and O–H groups in total. The van der Waals surface area contributed by atoms with Crippen LogP contribution in [-0.4, -0.2) is 37.2 Å². The molecule has 0 saturated heterocycles. The molecule has 1 aromatic carbocycles. The van der Waals surface area contributed by atoms with Crippen LogP contribution in [-0.2, 0) is 6.54 Å². The Morgan fingerprint density at radius 1 is 1.19 bits per heavy atom. The van der Waals surface area contributed by atoms with E-state index in [0.717, 1.165) is 32.0 Å². The number of ether oxygens (including phenoxy) is 1. The summed E-state index contributed by atoms with van der Waals surface area (Å²) < 4.78 is 5.54. The van der Waals surface area contributed by atoms with Crippen LogP contribution in [0.3, 0.4) is 0 Å². The second kappa shape index (κ2) is 10.6. The molecule has 0 bridgehead atoms. The minimum Gasteiger partial charge on any atom is -0.494 e. The van der Waals surface area contributed by atoms with E-state index in [0.29, 0.717) is 6.04 Å². The summed E-state index contributed by atoms with van der Waals surface area (Å²) in [6.07, 6.45) is 2.48. The zero-order valence-corrected chi connectivity index (χ0v) is 14.2. The predicted octanol–water partition coefficient (Wildman–Crippen LogP) is 3.69. The maximum absolute atomic E-state index is 5.54. The van der Waals surface area contributed by atoms with E-state index < -0.39 is 0 Å². The first-order valence-electron chi connectivity index (χ1n) is 8.37. The third-order valence-corrected chi connectivity index (χ3v) is 3.87. The van der Waals surface area contributed by atoms with Gasteiger partial charge in [0.1, 0.15) is 5.75 Å². The Hall–Kier alpha value is -1.06. The third-order valence-electron chi connectivity index (χ3n) is 3.87. The minimum atomic E-state index is 0.552. The van der Waals surface area contributed by atoms with Crippen molar-refractivity contribution in [3.8, 4) is 5.75 Å². The van der Waals surface area contributed by atoms with Crippen molar-refractivity contribution < 1.29 is 4.74 Å². The number of nitrogens with one attached hydrogen (secondary N) is 1. The van der Waals surface area contributed by atoms with E-state index >= 15 is 0 Å². The maximum Gasteiger partial charge on any atom is 0.119 e. The Balaban J connectivity index is 2.26. The van der Waals surface area contributed by atoms with Crippen molar-refractivity contribution >= 4 is 0 Å². The molecule has 0 saturated carbocycles. The molecular formula is C18H32N2O. The van der Waals surface area contributed by atoms with Crippen molar-refractivity contribution in [3.63, 3.8) is 0 Å². The quantitative estimate of drug-likeness (QED) is 0.673. The highest BCUT2D eigenvalue weighted by Crippen LogP contribution is 2.13. The molecule has 1 atom stereocenters. The van der Waals surface area contributed by atoms with Crippen LogP contribution in [0.1, 0.15) is 46.1 Å². The lowest BCUT2D eigenvalue weighted by Crippen LogP contribution is -2.28. The Labute approximate surface area is 130 Å². The summed E-state index contributed by atoms with van der Waals surface area (Å²) >= 11 is 0. The molecule has 3 nitrogen and oxygen atoms in total. The molecule has 1 rings (SSSR count). The maximum atomic E-state index is 5.54. The summed E-state index contributed by atoms with van der Waals surface area (Å²) in [4.78, 5) is 2.48. The fourth-order valence-electron chi connectivity index (χ4n) is 2.47. The van der Waals surface area contributed by atoms with Crippen molar-refractivity contribution in [2.75, 3.05) is 26.2 Å². The van der Waals surface area contributed by atoms with Crippen LogP contribution < -0.4 is 10.1 Å². The number of rotatable bonds is 11. The van der Waals surface area contributed by atoms with E-state index in [-0.39, 0.29) is 0 Å². The molecule has 0 aliphatic carbocycles. The molecule has 0 amide bonds. The second-order valence-corrected chi connectivity index (χ2v) is 5.53. The summed E-state index contributed by atoms with van der Waals surface area (Å²) in [5, 5.41) is 3.60. The molecule has 0 aliphatic heterocycles. The van der Waals surface area contributed by atoms with Crippen molar-refractivity contribution in [1.29, 1.82) is 0 Å². The second-order valence-electron chi connectivity index (χ2n) is 5.53. The first-order valence-corrected chi connectivity index (χ1v) is 8.37. The van der Waals surface area contributed by atoms with Gasteiger partial charge in [0.25, 0.3) is 0 Å². The van der Waals surface area contributed by atoms with Crippen LogP contribution >= 0.6 is 0 Å². The molecule has 0 fully saturated rings. The fourth-order valence-corrected chi connectivity index (χ4v) is 2.47. The van der Waals surface area contributed by atoms with Gasteiger partial charge in [-0.1, -0.05) is 26.0 Å². The van der Waals surface area contributed by atoms with Crippen LogP contribution in [0.15, 0.2) is 24.3 Å². The van der Waals surface area contributed by atoms with Crippen LogP contribution in [0.5, 0.6) is 5.75 Å². The smallest absolute Gasteiger partial charge is 0.119 e. The van der Waals surface area contributed by atoms with Crippen LogP contribution in [0.4, 0.5) is 0 Å². The molecule has 0 aromatic heterocycles. The molecule has 120 valence electrons. The first-order chi connectivity index (χ1) is 10.2. The lowest BCUT2D eigenvalue weighted by Gasteiger charge is -2.20. The lowest BCUT2D eigenvalue weighted by atomic mass is 10.1. The van der Waals surface area contributed by atoms with Gasteiger partial charge >= 0.3 is 0 Å². The standard InChI is InChI=1S/C18H32N2O/c1-5-20(6-2)13-9-10-16(4)19-15-17-11-8-12-18(14-17)21-7-3/h8,11-12,14,16,19H,5-7,9-10,13,15H2,1-4H3. The van der Waals surface area contributed by atoms with E-state index in [1.165, 1.54) is 24.9 Å². The summed E-state index contributed by atoms with van der Waals surface area (Å²) in [6.45, 7) is 13.9. The number of hydrogen-bond donors (Lipinski definition) is 1. The minimum absolute atomic E-state index is 0.552. The van der Waals surface area contributed by atoms with Crippen LogP contribution in [0.2, 0.25) is 0 Å². The van der Waals surface area contributed by atoms with Gasteiger partial charge in [-0.3, -0.25) is 0 Å². The van der Waals surface area contributed by atoms with Gasteiger partial charge < -0.3 is 15.0 Å². The van der Waals surface area contributed by atoms with Crippen molar-refractivity contribution in [2.24, 2.45) is 0 Å². The first kappa shape index (κ1) is 18.0. The summed E-state index contributed by atoms with van der Waals surface area (Å²) in [5.41, 5.74) is 1.29. The van der Waals surface area contributed by atoms with Gasteiger partial charge in [0.15, 0.2) is 0 Å². The molecule has 0 radical (unpaired) electrons. The summed E-state index contributed by atoms with van der Waals surface area (Å²) in [7, 11) is 0. The van der Waals surface area contributed by atoms with Gasteiger partial charge in [0.2, 0.25) is 0 Å². The zero-order valence-electron chi connectivity index (χ0n) is 14.2. The highest BCUT2D eigenvalue weighted by atomic mass is 16.5. The zero-order chi connectivity index (χ0) is 15.5. The van der Waals surface area contributed by atoms with E-state index in [1.54, 1.807) is 0 Å². The number of nitrogens with zero attached hydrogens (tertiary/aromatic N) is 1. The monoisotopic (exact) mass is 292 g/mol. The molecule has 1 aromatic rings. The van der Waals surface area contributed by atoms with Gasteiger partial charge in [0.05, 0.1) is 6.61 Å².